The van der Waals surface area contributed by atoms with Crippen LogP contribution in [0, 0.1) is 6.92 Å². The molecule has 0 fully saturated rings. The predicted molar refractivity (Wildman–Crippen MR) is 104 cm³/mol. The summed E-state index contributed by atoms with van der Waals surface area (Å²) in [5, 5.41) is 4.09. The minimum Gasteiger partial charge on any atom is -0.493 e. The van der Waals surface area contributed by atoms with Crippen LogP contribution in [0.4, 0.5) is 0 Å². The van der Waals surface area contributed by atoms with Crippen molar-refractivity contribution in [2.24, 2.45) is 0 Å². The normalized spacial score (nSPS) is 12.9. The molecular formula is C21H23N3O4. The van der Waals surface area contributed by atoms with Crippen LogP contribution in [0.5, 0.6) is 5.75 Å². The summed E-state index contributed by atoms with van der Waals surface area (Å²) in [6.07, 6.45) is 2.68. The Hall–Kier alpha value is -2.93. The van der Waals surface area contributed by atoms with Crippen LogP contribution in [0.15, 0.2) is 39.6 Å². The Kier molecular flexibility index (Phi) is 5.25. The average Bonchev–Trinajstić information content (AvgIpc) is 3.36. The number of pyridine rings is 1. The van der Waals surface area contributed by atoms with Gasteiger partial charge in [-0.05, 0) is 38.0 Å². The van der Waals surface area contributed by atoms with Crippen molar-refractivity contribution in [3.63, 3.8) is 0 Å². The summed E-state index contributed by atoms with van der Waals surface area (Å²) in [5.41, 5.74) is 3.21. The van der Waals surface area contributed by atoms with Gasteiger partial charge < -0.3 is 18.6 Å². The molecule has 1 aliphatic heterocycles. The average molecular weight is 381 g/mol. The number of aromatic nitrogens is 3. The van der Waals surface area contributed by atoms with Gasteiger partial charge in [-0.2, -0.15) is 4.98 Å². The molecule has 146 valence electrons. The molecule has 0 atom stereocenters. The lowest BCUT2D eigenvalue weighted by Crippen LogP contribution is -2.15. The van der Waals surface area contributed by atoms with Crippen LogP contribution >= 0.6 is 0 Å². The number of nitrogens with zero attached hydrogens (tertiary/aromatic N) is 3. The van der Waals surface area contributed by atoms with Crippen LogP contribution in [0.1, 0.15) is 24.2 Å². The standard InChI is InChI=1S/C21H23N3O4/c1-14-12-18(25)19(17-8-4-9-24(14)17)20-22-21(28-23-20)15-6-3-7-16(13-15)27-11-5-10-26-2/h3,6-7,12-13H,4-5,8-11H2,1-2H3. The largest absolute Gasteiger partial charge is 0.493 e. The summed E-state index contributed by atoms with van der Waals surface area (Å²) in [7, 11) is 1.67. The van der Waals surface area contributed by atoms with Gasteiger partial charge in [0.15, 0.2) is 5.43 Å². The van der Waals surface area contributed by atoms with Crippen molar-refractivity contribution < 1.29 is 14.0 Å². The van der Waals surface area contributed by atoms with Crippen LogP contribution < -0.4 is 10.2 Å². The summed E-state index contributed by atoms with van der Waals surface area (Å²) in [6, 6.07) is 9.15. The second-order valence-electron chi connectivity index (χ2n) is 6.87. The highest BCUT2D eigenvalue weighted by atomic mass is 16.5. The first-order valence-corrected chi connectivity index (χ1v) is 9.47. The third-order valence-corrected chi connectivity index (χ3v) is 4.91. The van der Waals surface area contributed by atoms with E-state index in [0.29, 0.717) is 30.5 Å². The molecule has 0 N–H and O–H groups in total. The fourth-order valence-corrected chi connectivity index (χ4v) is 3.60. The molecule has 0 aliphatic carbocycles. The van der Waals surface area contributed by atoms with E-state index in [1.165, 1.54) is 0 Å². The van der Waals surface area contributed by atoms with E-state index >= 15 is 0 Å². The van der Waals surface area contributed by atoms with E-state index in [-0.39, 0.29) is 5.43 Å². The van der Waals surface area contributed by atoms with Crippen molar-refractivity contribution in [2.75, 3.05) is 20.3 Å². The number of methoxy groups -OCH3 is 1. The molecule has 3 aromatic rings. The molecule has 1 aliphatic rings. The Morgan fingerprint density at radius 1 is 1.25 bits per heavy atom. The minimum absolute atomic E-state index is 0.0618. The SMILES string of the molecule is COCCCOc1cccc(-c2nc(-c3c4n(c(C)cc3=O)CCC4)no2)c1. The van der Waals surface area contributed by atoms with Crippen molar-refractivity contribution in [3.8, 4) is 28.6 Å². The summed E-state index contributed by atoms with van der Waals surface area (Å²) in [6.45, 7) is 4.10. The van der Waals surface area contributed by atoms with Gasteiger partial charge in [0.2, 0.25) is 5.82 Å². The number of hydrogen-bond donors (Lipinski definition) is 0. The predicted octanol–water partition coefficient (Wildman–Crippen LogP) is 3.24. The van der Waals surface area contributed by atoms with E-state index in [4.69, 9.17) is 14.0 Å². The monoisotopic (exact) mass is 381 g/mol. The first-order chi connectivity index (χ1) is 13.7. The highest BCUT2D eigenvalue weighted by Crippen LogP contribution is 2.28. The van der Waals surface area contributed by atoms with Crippen LogP contribution in [-0.4, -0.2) is 35.0 Å². The summed E-state index contributed by atoms with van der Waals surface area (Å²) in [4.78, 5) is 17.1. The van der Waals surface area contributed by atoms with Crippen LogP contribution in [0.25, 0.3) is 22.8 Å². The first-order valence-electron chi connectivity index (χ1n) is 9.47. The van der Waals surface area contributed by atoms with Crippen molar-refractivity contribution in [1.82, 2.24) is 14.7 Å². The van der Waals surface area contributed by atoms with Crippen molar-refractivity contribution >= 4 is 0 Å². The lowest BCUT2D eigenvalue weighted by molar-refractivity contribution is 0.172. The maximum absolute atomic E-state index is 12.6. The Morgan fingerprint density at radius 2 is 2.14 bits per heavy atom. The van der Waals surface area contributed by atoms with E-state index in [9.17, 15) is 4.79 Å². The van der Waals surface area contributed by atoms with Gasteiger partial charge in [0, 0.05) is 49.7 Å². The molecule has 7 nitrogen and oxygen atoms in total. The van der Waals surface area contributed by atoms with E-state index in [0.717, 1.165) is 48.5 Å². The zero-order chi connectivity index (χ0) is 19.5. The second kappa shape index (κ2) is 7.98. The molecule has 0 unspecified atom stereocenters. The lowest BCUT2D eigenvalue weighted by atomic mass is 10.1. The van der Waals surface area contributed by atoms with E-state index < -0.39 is 0 Å². The zero-order valence-corrected chi connectivity index (χ0v) is 16.1. The number of hydrogen-bond acceptors (Lipinski definition) is 6. The fourth-order valence-electron chi connectivity index (χ4n) is 3.60. The number of fused-ring (bicyclic) bond motifs is 1. The maximum atomic E-state index is 12.6. The maximum Gasteiger partial charge on any atom is 0.258 e. The highest BCUT2D eigenvalue weighted by molar-refractivity contribution is 5.63. The summed E-state index contributed by atoms with van der Waals surface area (Å²) < 4.78 is 18.4. The molecule has 1 aromatic carbocycles. The number of rotatable bonds is 7. The molecule has 0 saturated carbocycles. The topological polar surface area (TPSA) is 79.4 Å². The van der Waals surface area contributed by atoms with Crippen LogP contribution in [0.2, 0.25) is 0 Å². The number of aryl methyl sites for hydroxylation is 1. The molecule has 28 heavy (non-hydrogen) atoms. The first kappa shape index (κ1) is 18.4. The van der Waals surface area contributed by atoms with Gasteiger partial charge in [-0.1, -0.05) is 11.2 Å². The molecule has 0 bridgehead atoms. The van der Waals surface area contributed by atoms with Gasteiger partial charge in [0.25, 0.3) is 5.89 Å². The van der Waals surface area contributed by atoms with E-state index in [1.807, 2.05) is 31.2 Å². The van der Waals surface area contributed by atoms with E-state index in [2.05, 4.69) is 14.7 Å². The van der Waals surface area contributed by atoms with Crippen LogP contribution in [0.3, 0.4) is 0 Å². The van der Waals surface area contributed by atoms with Crippen molar-refractivity contribution in [2.45, 2.75) is 32.7 Å². The molecule has 4 rings (SSSR count). The van der Waals surface area contributed by atoms with Crippen molar-refractivity contribution in [1.29, 1.82) is 0 Å². The molecule has 0 radical (unpaired) electrons. The molecule has 0 amide bonds. The Bertz CT molecular complexity index is 1040. The van der Waals surface area contributed by atoms with E-state index in [1.54, 1.807) is 13.2 Å². The second-order valence-corrected chi connectivity index (χ2v) is 6.87. The highest BCUT2D eigenvalue weighted by Gasteiger charge is 2.23. The van der Waals surface area contributed by atoms with Gasteiger partial charge in [0.1, 0.15) is 5.75 Å². The third-order valence-electron chi connectivity index (χ3n) is 4.91. The van der Waals surface area contributed by atoms with Gasteiger partial charge in [-0.15, -0.1) is 0 Å². The van der Waals surface area contributed by atoms with Crippen molar-refractivity contribution in [3.05, 3.63) is 51.9 Å². The molecule has 3 heterocycles. The molecule has 2 aromatic heterocycles. The third kappa shape index (κ3) is 3.57. The summed E-state index contributed by atoms with van der Waals surface area (Å²) in [5.74, 6) is 1.44. The van der Waals surface area contributed by atoms with Crippen LogP contribution in [-0.2, 0) is 17.7 Å². The molecule has 0 saturated heterocycles. The number of ether oxygens (including phenoxy) is 2. The Balaban J connectivity index is 1.61. The van der Waals surface area contributed by atoms with Gasteiger partial charge >= 0.3 is 0 Å². The quantitative estimate of drug-likeness (QED) is 0.585. The smallest absolute Gasteiger partial charge is 0.258 e. The van der Waals surface area contributed by atoms with Gasteiger partial charge in [-0.3, -0.25) is 4.79 Å². The Morgan fingerprint density at radius 3 is 3.00 bits per heavy atom. The minimum atomic E-state index is -0.0618. The fraction of sp³-hybridized carbons (Fsp3) is 0.381. The van der Waals surface area contributed by atoms with Gasteiger partial charge in [-0.25, -0.2) is 0 Å². The molecule has 7 heteroatoms. The Labute approximate surface area is 162 Å². The lowest BCUT2D eigenvalue weighted by Gasteiger charge is -2.10. The zero-order valence-electron chi connectivity index (χ0n) is 16.1. The van der Waals surface area contributed by atoms with Gasteiger partial charge in [0.05, 0.1) is 12.2 Å². The molecule has 0 spiro atoms. The summed E-state index contributed by atoms with van der Waals surface area (Å²) >= 11 is 0. The molecular weight excluding hydrogens is 358 g/mol. The number of benzene rings is 1.